The minimum Gasteiger partial charge on any atom is -0.383 e. The lowest BCUT2D eigenvalue weighted by molar-refractivity contribution is -0.129. The molecule has 2 aromatic rings. The topological polar surface area (TPSA) is 63.5 Å². The van der Waals surface area contributed by atoms with Gasteiger partial charge in [0.2, 0.25) is 5.91 Å². The van der Waals surface area contributed by atoms with E-state index in [1.165, 1.54) is 0 Å². The number of rotatable bonds is 6. The van der Waals surface area contributed by atoms with Crippen LogP contribution in [-0.4, -0.2) is 65.7 Å². The molecule has 0 bridgehead atoms. The minimum atomic E-state index is 0.162. The SMILES string of the molecule is COCCN(C)c1nc(C2CCN(C(C)=O)CC2)cc2c1ncn2C(C)C. The van der Waals surface area contributed by atoms with Crippen molar-refractivity contribution in [3.8, 4) is 0 Å². The number of ether oxygens (including phenoxy) is 1. The number of piperidine rings is 1. The monoisotopic (exact) mass is 373 g/mol. The van der Waals surface area contributed by atoms with Gasteiger partial charge in [-0.1, -0.05) is 0 Å². The quantitative estimate of drug-likeness (QED) is 0.779. The number of nitrogens with zero attached hydrogens (tertiary/aromatic N) is 5. The van der Waals surface area contributed by atoms with E-state index in [0.717, 1.165) is 55.0 Å². The predicted molar refractivity (Wildman–Crippen MR) is 107 cm³/mol. The highest BCUT2D eigenvalue weighted by Gasteiger charge is 2.25. The van der Waals surface area contributed by atoms with Crippen molar-refractivity contribution in [1.29, 1.82) is 0 Å². The lowest BCUT2D eigenvalue weighted by Gasteiger charge is -2.31. The number of methoxy groups -OCH3 is 1. The molecule has 0 aromatic carbocycles. The fourth-order valence-electron chi connectivity index (χ4n) is 3.74. The second kappa shape index (κ2) is 8.25. The molecule has 0 spiro atoms. The maximum atomic E-state index is 11.6. The molecule has 27 heavy (non-hydrogen) atoms. The summed E-state index contributed by atoms with van der Waals surface area (Å²) in [5, 5.41) is 0. The molecule has 0 atom stereocenters. The van der Waals surface area contributed by atoms with Crippen LogP contribution in [0.4, 0.5) is 5.82 Å². The summed E-state index contributed by atoms with van der Waals surface area (Å²) in [5.41, 5.74) is 3.17. The van der Waals surface area contributed by atoms with Crippen molar-refractivity contribution in [3.63, 3.8) is 0 Å². The van der Waals surface area contributed by atoms with Gasteiger partial charge in [0.1, 0.15) is 5.52 Å². The molecule has 0 aliphatic carbocycles. The molecule has 2 aromatic heterocycles. The van der Waals surface area contributed by atoms with Crippen molar-refractivity contribution in [2.24, 2.45) is 0 Å². The third-order valence-electron chi connectivity index (χ3n) is 5.47. The summed E-state index contributed by atoms with van der Waals surface area (Å²) in [7, 11) is 3.75. The summed E-state index contributed by atoms with van der Waals surface area (Å²) in [5.74, 6) is 1.44. The van der Waals surface area contributed by atoms with Gasteiger partial charge in [0.25, 0.3) is 0 Å². The van der Waals surface area contributed by atoms with Gasteiger partial charge in [-0.25, -0.2) is 9.97 Å². The van der Waals surface area contributed by atoms with Crippen LogP contribution in [0.2, 0.25) is 0 Å². The Morgan fingerprint density at radius 2 is 2.07 bits per heavy atom. The maximum absolute atomic E-state index is 11.6. The van der Waals surface area contributed by atoms with E-state index in [1.54, 1.807) is 14.0 Å². The molecule has 0 radical (unpaired) electrons. The van der Waals surface area contributed by atoms with Crippen LogP contribution in [0.15, 0.2) is 12.4 Å². The number of amides is 1. The first-order valence-corrected chi connectivity index (χ1v) is 9.75. The Balaban J connectivity index is 1.97. The largest absolute Gasteiger partial charge is 0.383 e. The predicted octanol–water partition coefficient (Wildman–Crippen LogP) is 2.82. The van der Waals surface area contributed by atoms with Crippen LogP contribution in [0, 0.1) is 0 Å². The van der Waals surface area contributed by atoms with Crippen molar-refractivity contribution in [3.05, 3.63) is 18.1 Å². The molecule has 1 fully saturated rings. The van der Waals surface area contributed by atoms with Crippen molar-refractivity contribution >= 4 is 22.8 Å². The first kappa shape index (κ1) is 19.6. The van der Waals surface area contributed by atoms with Gasteiger partial charge in [0.15, 0.2) is 5.82 Å². The molecule has 1 aliphatic rings. The number of hydrogen-bond donors (Lipinski definition) is 0. The highest BCUT2D eigenvalue weighted by molar-refractivity contribution is 5.87. The summed E-state index contributed by atoms with van der Waals surface area (Å²) >= 11 is 0. The van der Waals surface area contributed by atoms with Crippen LogP contribution >= 0.6 is 0 Å². The van der Waals surface area contributed by atoms with E-state index in [4.69, 9.17) is 9.72 Å². The zero-order valence-corrected chi connectivity index (χ0v) is 17.1. The fraction of sp³-hybridized carbons (Fsp3) is 0.650. The number of likely N-dealkylation sites (N-methyl/N-ethyl adjacent to an activating group) is 1. The van der Waals surface area contributed by atoms with Crippen LogP contribution in [0.5, 0.6) is 0 Å². The number of imidazole rings is 1. The number of likely N-dealkylation sites (tertiary alicyclic amines) is 1. The second-order valence-electron chi connectivity index (χ2n) is 7.68. The summed E-state index contributed by atoms with van der Waals surface area (Å²) in [6.07, 6.45) is 3.82. The lowest BCUT2D eigenvalue weighted by Crippen LogP contribution is -2.36. The Labute approximate surface area is 161 Å². The molecule has 0 saturated carbocycles. The molecule has 0 unspecified atom stereocenters. The van der Waals surface area contributed by atoms with Gasteiger partial charge in [0, 0.05) is 58.4 Å². The van der Waals surface area contributed by atoms with Gasteiger partial charge < -0.3 is 19.1 Å². The molecular formula is C20H31N5O2. The molecule has 7 heteroatoms. The second-order valence-corrected chi connectivity index (χ2v) is 7.68. The van der Waals surface area contributed by atoms with Crippen LogP contribution < -0.4 is 4.90 Å². The number of carbonyl (C=O) groups excluding carboxylic acids is 1. The molecular weight excluding hydrogens is 342 g/mol. The van der Waals surface area contributed by atoms with Crippen LogP contribution in [0.1, 0.15) is 51.3 Å². The summed E-state index contributed by atoms with van der Waals surface area (Å²) < 4.78 is 7.44. The molecule has 1 aliphatic heterocycles. The standard InChI is InChI=1S/C20H31N5O2/c1-14(2)25-13-21-19-18(25)12-17(22-20(19)23(4)10-11-27-5)16-6-8-24(9-7-16)15(3)26/h12-14,16H,6-11H2,1-5H3. The lowest BCUT2D eigenvalue weighted by atomic mass is 9.92. The van der Waals surface area contributed by atoms with E-state index in [1.807, 2.05) is 18.3 Å². The average Bonchev–Trinajstić information content (AvgIpc) is 3.09. The number of hydrogen-bond acceptors (Lipinski definition) is 5. The molecule has 3 heterocycles. The number of pyridine rings is 1. The van der Waals surface area contributed by atoms with Crippen molar-refractivity contribution in [2.75, 3.05) is 45.3 Å². The Bertz CT molecular complexity index is 793. The third-order valence-corrected chi connectivity index (χ3v) is 5.47. The van der Waals surface area contributed by atoms with Gasteiger partial charge >= 0.3 is 0 Å². The Morgan fingerprint density at radius 3 is 2.67 bits per heavy atom. The van der Waals surface area contributed by atoms with E-state index in [2.05, 4.69) is 34.4 Å². The smallest absolute Gasteiger partial charge is 0.219 e. The van der Waals surface area contributed by atoms with E-state index < -0.39 is 0 Å². The average molecular weight is 374 g/mol. The Hall–Kier alpha value is -2.15. The normalized spacial score (nSPS) is 15.7. The molecule has 3 rings (SSSR count). The maximum Gasteiger partial charge on any atom is 0.219 e. The number of anilines is 1. The molecule has 1 saturated heterocycles. The van der Waals surface area contributed by atoms with Crippen LogP contribution in [0.25, 0.3) is 11.0 Å². The highest BCUT2D eigenvalue weighted by Crippen LogP contribution is 2.33. The highest BCUT2D eigenvalue weighted by atomic mass is 16.5. The minimum absolute atomic E-state index is 0.162. The fourth-order valence-corrected chi connectivity index (χ4v) is 3.74. The summed E-state index contributed by atoms with van der Waals surface area (Å²) in [4.78, 5) is 25.3. The number of aromatic nitrogens is 3. The van der Waals surface area contributed by atoms with Gasteiger partial charge in [-0.15, -0.1) is 0 Å². The van der Waals surface area contributed by atoms with Gasteiger partial charge in [0.05, 0.1) is 18.5 Å². The summed E-state index contributed by atoms with van der Waals surface area (Å²) in [6, 6.07) is 2.53. The van der Waals surface area contributed by atoms with E-state index >= 15 is 0 Å². The zero-order chi connectivity index (χ0) is 19.6. The van der Waals surface area contributed by atoms with Crippen LogP contribution in [0.3, 0.4) is 0 Å². The third kappa shape index (κ3) is 4.08. The molecule has 0 N–H and O–H groups in total. The Kier molecular flexibility index (Phi) is 5.99. The molecule has 148 valence electrons. The van der Waals surface area contributed by atoms with Crippen molar-refractivity contribution in [1.82, 2.24) is 19.4 Å². The van der Waals surface area contributed by atoms with Crippen molar-refractivity contribution < 1.29 is 9.53 Å². The first-order valence-electron chi connectivity index (χ1n) is 9.75. The van der Waals surface area contributed by atoms with Gasteiger partial charge in [-0.2, -0.15) is 0 Å². The van der Waals surface area contributed by atoms with Gasteiger partial charge in [-0.3, -0.25) is 4.79 Å². The van der Waals surface area contributed by atoms with E-state index in [0.29, 0.717) is 18.6 Å². The van der Waals surface area contributed by atoms with E-state index in [9.17, 15) is 4.79 Å². The van der Waals surface area contributed by atoms with E-state index in [-0.39, 0.29) is 5.91 Å². The van der Waals surface area contributed by atoms with Crippen molar-refractivity contribution in [2.45, 2.75) is 45.6 Å². The van der Waals surface area contributed by atoms with Gasteiger partial charge in [-0.05, 0) is 32.8 Å². The molecule has 7 nitrogen and oxygen atoms in total. The molecule has 1 amide bonds. The number of carbonyl (C=O) groups is 1. The number of fused-ring (bicyclic) bond motifs is 1. The first-order chi connectivity index (χ1) is 12.9. The van der Waals surface area contributed by atoms with Crippen LogP contribution in [-0.2, 0) is 9.53 Å². The Morgan fingerprint density at radius 1 is 1.37 bits per heavy atom. The summed E-state index contributed by atoms with van der Waals surface area (Å²) in [6.45, 7) is 9.00. The zero-order valence-electron chi connectivity index (χ0n) is 17.1.